The summed E-state index contributed by atoms with van der Waals surface area (Å²) < 4.78 is 5.73. The Balaban J connectivity index is 1.98. The van der Waals surface area contributed by atoms with Gasteiger partial charge >= 0.3 is 0 Å². The summed E-state index contributed by atoms with van der Waals surface area (Å²) >= 11 is 0. The van der Waals surface area contributed by atoms with Gasteiger partial charge in [0.1, 0.15) is 5.60 Å². The molecule has 15 heavy (non-hydrogen) atoms. The Morgan fingerprint density at radius 3 is 2.47 bits per heavy atom. The molecule has 1 heterocycles. The fraction of sp³-hybridized carbons (Fsp3) is 0.923. The van der Waals surface area contributed by atoms with Crippen LogP contribution in [-0.4, -0.2) is 18.0 Å². The molecule has 0 radical (unpaired) electrons. The molecule has 1 unspecified atom stereocenters. The van der Waals surface area contributed by atoms with E-state index in [-0.39, 0.29) is 0 Å². The molecule has 1 saturated carbocycles. The van der Waals surface area contributed by atoms with Gasteiger partial charge in [-0.05, 0) is 39.0 Å². The number of carbonyl (C=O) groups is 1. The minimum absolute atomic E-state index is 0.293. The minimum atomic E-state index is -0.444. The first-order chi connectivity index (χ1) is 7.22. The lowest BCUT2D eigenvalue weighted by atomic mass is 9.78. The van der Waals surface area contributed by atoms with E-state index in [0.717, 1.165) is 38.7 Å². The van der Waals surface area contributed by atoms with Crippen molar-refractivity contribution in [1.82, 2.24) is 0 Å². The summed E-state index contributed by atoms with van der Waals surface area (Å²) in [6.45, 7) is 2.78. The lowest BCUT2D eigenvalue weighted by Gasteiger charge is -2.36. The van der Waals surface area contributed by atoms with Crippen LogP contribution in [0.4, 0.5) is 0 Å². The van der Waals surface area contributed by atoms with Gasteiger partial charge in [0, 0.05) is 12.5 Å². The number of carbonyl (C=O) groups excluding carboxylic acids is 1. The van der Waals surface area contributed by atoms with E-state index in [1.165, 1.54) is 19.3 Å². The van der Waals surface area contributed by atoms with Crippen molar-refractivity contribution in [3.63, 3.8) is 0 Å². The molecule has 1 aliphatic heterocycles. The Kier molecular flexibility index (Phi) is 3.45. The molecular formula is C13H22O2. The highest BCUT2D eigenvalue weighted by Crippen LogP contribution is 2.33. The molecule has 2 heteroatoms. The molecule has 0 spiro atoms. The Hall–Kier alpha value is -0.370. The van der Waals surface area contributed by atoms with Crippen molar-refractivity contribution in [3.8, 4) is 0 Å². The molecule has 1 aliphatic carbocycles. The molecule has 0 amide bonds. The van der Waals surface area contributed by atoms with Gasteiger partial charge < -0.3 is 4.74 Å². The first kappa shape index (κ1) is 11.1. The maximum Gasteiger partial charge on any atom is 0.167 e. The van der Waals surface area contributed by atoms with Crippen molar-refractivity contribution in [1.29, 1.82) is 0 Å². The van der Waals surface area contributed by atoms with Crippen molar-refractivity contribution in [3.05, 3.63) is 0 Å². The Morgan fingerprint density at radius 1 is 1.13 bits per heavy atom. The first-order valence-electron chi connectivity index (χ1n) is 6.41. The van der Waals surface area contributed by atoms with Crippen molar-refractivity contribution < 1.29 is 9.53 Å². The summed E-state index contributed by atoms with van der Waals surface area (Å²) in [4.78, 5) is 12.3. The smallest absolute Gasteiger partial charge is 0.167 e. The van der Waals surface area contributed by atoms with Gasteiger partial charge in [-0.1, -0.05) is 19.3 Å². The minimum Gasteiger partial charge on any atom is -0.367 e. The molecule has 1 saturated heterocycles. The molecule has 0 aromatic heterocycles. The van der Waals surface area contributed by atoms with Crippen LogP contribution in [0.15, 0.2) is 0 Å². The number of hydrogen-bond acceptors (Lipinski definition) is 2. The van der Waals surface area contributed by atoms with E-state index in [1.807, 2.05) is 6.92 Å². The quantitative estimate of drug-likeness (QED) is 0.700. The van der Waals surface area contributed by atoms with Gasteiger partial charge in [-0.15, -0.1) is 0 Å². The molecule has 86 valence electrons. The van der Waals surface area contributed by atoms with Crippen LogP contribution < -0.4 is 0 Å². The van der Waals surface area contributed by atoms with Crippen molar-refractivity contribution >= 4 is 5.78 Å². The van der Waals surface area contributed by atoms with E-state index in [4.69, 9.17) is 4.74 Å². The third-order valence-corrected chi connectivity index (χ3v) is 3.97. The Morgan fingerprint density at radius 2 is 1.87 bits per heavy atom. The highest BCUT2D eigenvalue weighted by Gasteiger charge is 2.39. The predicted molar refractivity (Wildman–Crippen MR) is 59.8 cm³/mol. The van der Waals surface area contributed by atoms with Crippen LogP contribution >= 0.6 is 0 Å². The van der Waals surface area contributed by atoms with E-state index in [9.17, 15) is 4.79 Å². The summed E-state index contributed by atoms with van der Waals surface area (Å²) in [6, 6.07) is 0. The second-order valence-electron chi connectivity index (χ2n) is 5.24. The maximum atomic E-state index is 12.3. The van der Waals surface area contributed by atoms with Crippen LogP contribution in [0.1, 0.15) is 58.3 Å². The zero-order valence-electron chi connectivity index (χ0n) is 9.76. The number of rotatable bonds is 2. The van der Waals surface area contributed by atoms with Gasteiger partial charge in [-0.2, -0.15) is 0 Å². The lowest BCUT2D eigenvalue weighted by molar-refractivity contribution is -0.153. The third-order valence-electron chi connectivity index (χ3n) is 3.97. The molecule has 0 aromatic carbocycles. The standard InChI is InChI=1S/C13H22O2/c1-13(9-5-6-10-15-13)12(14)11-7-3-2-4-8-11/h11H,2-10H2,1H3. The monoisotopic (exact) mass is 210 g/mol. The van der Waals surface area contributed by atoms with E-state index in [0.29, 0.717) is 11.7 Å². The van der Waals surface area contributed by atoms with Crippen molar-refractivity contribution in [2.75, 3.05) is 6.61 Å². The fourth-order valence-corrected chi connectivity index (χ4v) is 2.92. The largest absolute Gasteiger partial charge is 0.367 e. The molecule has 2 rings (SSSR count). The summed E-state index contributed by atoms with van der Waals surface area (Å²) in [6.07, 6.45) is 9.15. The molecule has 2 aliphatic rings. The average molecular weight is 210 g/mol. The Bertz CT molecular complexity index is 223. The molecule has 2 nitrogen and oxygen atoms in total. The number of ketones is 1. The van der Waals surface area contributed by atoms with Gasteiger partial charge in [0.05, 0.1) is 0 Å². The maximum absolute atomic E-state index is 12.3. The van der Waals surface area contributed by atoms with Crippen LogP contribution in [0.3, 0.4) is 0 Å². The summed E-state index contributed by atoms with van der Waals surface area (Å²) in [7, 11) is 0. The van der Waals surface area contributed by atoms with Gasteiger partial charge in [-0.25, -0.2) is 0 Å². The van der Waals surface area contributed by atoms with Crippen LogP contribution in [0, 0.1) is 5.92 Å². The number of Topliss-reactive ketones (excluding diaryl/α,β-unsaturated/α-hetero) is 1. The van der Waals surface area contributed by atoms with Gasteiger partial charge in [0.25, 0.3) is 0 Å². The topological polar surface area (TPSA) is 26.3 Å². The highest BCUT2D eigenvalue weighted by atomic mass is 16.5. The van der Waals surface area contributed by atoms with Crippen molar-refractivity contribution in [2.24, 2.45) is 5.92 Å². The number of hydrogen-bond donors (Lipinski definition) is 0. The van der Waals surface area contributed by atoms with Crippen molar-refractivity contribution in [2.45, 2.75) is 63.9 Å². The summed E-state index contributed by atoms with van der Waals surface area (Å²) in [5.74, 6) is 0.684. The molecule has 0 aromatic rings. The van der Waals surface area contributed by atoms with Gasteiger partial charge in [0.2, 0.25) is 0 Å². The molecule has 0 N–H and O–H groups in total. The Labute approximate surface area is 92.4 Å². The molecule has 2 fully saturated rings. The van der Waals surface area contributed by atoms with Crippen LogP contribution in [0.2, 0.25) is 0 Å². The average Bonchev–Trinajstić information content (AvgIpc) is 2.30. The van der Waals surface area contributed by atoms with Gasteiger partial charge in [0.15, 0.2) is 5.78 Å². The molecular weight excluding hydrogens is 188 g/mol. The normalized spacial score (nSPS) is 33.9. The first-order valence-corrected chi connectivity index (χ1v) is 6.41. The van der Waals surface area contributed by atoms with Gasteiger partial charge in [-0.3, -0.25) is 4.79 Å². The summed E-state index contributed by atoms with van der Waals surface area (Å²) in [5, 5.41) is 0. The third kappa shape index (κ3) is 2.41. The fourth-order valence-electron chi connectivity index (χ4n) is 2.92. The van der Waals surface area contributed by atoms with Crippen LogP contribution in [-0.2, 0) is 9.53 Å². The zero-order valence-corrected chi connectivity index (χ0v) is 9.76. The number of ether oxygens (including phenoxy) is 1. The SMILES string of the molecule is CC1(C(=O)C2CCCCC2)CCCCO1. The highest BCUT2D eigenvalue weighted by molar-refractivity contribution is 5.89. The zero-order chi connectivity index (χ0) is 10.7. The second kappa shape index (κ2) is 4.65. The van der Waals surface area contributed by atoms with E-state index in [1.54, 1.807) is 0 Å². The molecule has 0 bridgehead atoms. The second-order valence-corrected chi connectivity index (χ2v) is 5.24. The van der Waals surface area contributed by atoms with Crippen LogP contribution in [0.25, 0.3) is 0 Å². The van der Waals surface area contributed by atoms with E-state index in [2.05, 4.69) is 0 Å². The lowest BCUT2D eigenvalue weighted by Crippen LogP contribution is -2.45. The van der Waals surface area contributed by atoms with E-state index < -0.39 is 5.60 Å². The summed E-state index contributed by atoms with van der Waals surface area (Å²) in [5.41, 5.74) is -0.444. The predicted octanol–water partition coefficient (Wildman–Crippen LogP) is 3.10. The van der Waals surface area contributed by atoms with E-state index >= 15 is 0 Å². The molecule has 1 atom stereocenters. The van der Waals surface area contributed by atoms with Crippen LogP contribution in [0.5, 0.6) is 0 Å².